The number of benzene rings is 1. The monoisotopic (exact) mass is 392 g/mol. The van der Waals surface area contributed by atoms with Gasteiger partial charge in [-0.3, -0.25) is 4.79 Å². The number of halogens is 5. The van der Waals surface area contributed by atoms with Gasteiger partial charge in [-0.2, -0.15) is 18.2 Å². The highest BCUT2D eigenvalue weighted by atomic mass is 35.5. The summed E-state index contributed by atoms with van der Waals surface area (Å²) in [5.41, 5.74) is -0.908. The first-order valence-corrected chi connectivity index (χ1v) is 7.90. The number of nitrogens with one attached hydrogen (secondary N) is 2. The molecule has 2 rings (SSSR count). The first-order chi connectivity index (χ1) is 11.8. The van der Waals surface area contributed by atoms with E-state index in [1.54, 1.807) is 0 Å². The summed E-state index contributed by atoms with van der Waals surface area (Å²) in [5, 5.41) is 5.80. The zero-order valence-electron chi connectivity index (χ0n) is 12.7. The van der Waals surface area contributed by atoms with Crippen LogP contribution in [0.15, 0.2) is 30.5 Å². The molecule has 0 aliphatic carbocycles. The zero-order chi connectivity index (χ0) is 18.4. The van der Waals surface area contributed by atoms with Gasteiger partial charge in [-0.15, -0.1) is 0 Å². The summed E-state index contributed by atoms with van der Waals surface area (Å²) in [6, 6.07) is 4.25. The number of rotatable bonds is 6. The Kier molecular flexibility index (Phi) is 6.44. The second-order valence-corrected chi connectivity index (χ2v) is 5.71. The summed E-state index contributed by atoms with van der Waals surface area (Å²) in [5.74, 6) is -0.282. The fourth-order valence-corrected chi connectivity index (χ4v) is 2.08. The molecule has 5 nitrogen and oxygen atoms in total. The lowest BCUT2D eigenvalue weighted by Crippen LogP contribution is -2.26. The van der Waals surface area contributed by atoms with Crippen molar-refractivity contribution in [1.82, 2.24) is 15.3 Å². The average Bonchev–Trinajstić information content (AvgIpc) is 2.57. The Morgan fingerprint density at radius 2 is 1.96 bits per heavy atom. The van der Waals surface area contributed by atoms with Crippen LogP contribution in [0.1, 0.15) is 22.3 Å². The lowest BCUT2D eigenvalue weighted by atomic mass is 10.1. The molecule has 0 radical (unpaired) electrons. The molecule has 0 spiro atoms. The van der Waals surface area contributed by atoms with E-state index in [2.05, 4.69) is 20.6 Å². The molecule has 1 heterocycles. The predicted molar refractivity (Wildman–Crippen MR) is 88.9 cm³/mol. The first kappa shape index (κ1) is 19.3. The summed E-state index contributed by atoms with van der Waals surface area (Å²) in [6.07, 6.45) is -2.62. The molecule has 0 aliphatic rings. The molecule has 0 aliphatic heterocycles. The van der Waals surface area contributed by atoms with Gasteiger partial charge in [0.05, 0.1) is 16.8 Å². The van der Waals surface area contributed by atoms with Gasteiger partial charge in [0.1, 0.15) is 0 Å². The first-order valence-electron chi connectivity index (χ1n) is 7.15. The van der Waals surface area contributed by atoms with Gasteiger partial charge in [0.25, 0.3) is 5.91 Å². The molecule has 2 aromatic rings. The Bertz CT molecular complexity index is 756. The second-order valence-electron chi connectivity index (χ2n) is 4.95. The van der Waals surface area contributed by atoms with E-state index in [0.717, 1.165) is 12.1 Å². The Morgan fingerprint density at radius 1 is 1.20 bits per heavy atom. The second kappa shape index (κ2) is 8.35. The largest absolute Gasteiger partial charge is 0.416 e. The van der Waals surface area contributed by atoms with Crippen LogP contribution in [0.2, 0.25) is 10.2 Å². The van der Waals surface area contributed by atoms with Crippen molar-refractivity contribution in [3.05, 3.63) is 51.8 Å². The van der Waals surface area contributed by atoms with E-state index in [1.807, 2.05) is 0 Å². The number of alkyl halides is 3. The van der Waals surface area contributed by atoms with E-state index in [1.165, 1.54) is 18.3 Å². The molecule has 2 N–H and O–H groups in total. The van der Waals surface area contributed by atoms with Crippen molar-refractivity contribution in [2.45, 2.75) is 12.6 Å². The average molecular weight is 393 g/mol. The quantitative estimate of drug-likeness (QED) is 0.575. The fourth-order valence-electron chi connectivity index (χ4n) is 1.86. The third-order valence-corrected chi connectivity index (χ3v) is 3.74. The SMILES string of the molecule is O=C(NCCCNc1ncc(Cl)c(Cl)n1)c1cccc(C(F)(F)F)c1. The standard InChI is InChI=1S/C15H13Cl2F3N4O/c16-11-8-23-14(24-12(11)17)22-6-2-5-21-13(25)9-3-1-4-10(7-9)15(18,19)20/h1,3-4,7-8H,2,5-6H2,(H,21,25)(H,22,23,24). The molecule has 0 bridgehead atoms. The smallest absolute Gasteiger partial charge is 0.354 e. The van der Waals surface area contributed by atoms with Crippen molar-refractivity contribution in [3.8, 4) is 0 Å². The van der Waals surface area contributed by atoms with Crippen LogP contribution in [0.4, 0.5) is 19.1 Å². The van der Waals surface area contributed by atoms with Crippen molar-refractivity contribution >= 4 is 35.1 Å². The van der Waals surface area contributed by atoms with Crippen molar-refractivity contribution in [1.29, 1.82) is 0 Å². The number of carbonyl (C=O) groups is 1. The predicted octanol–water partition coefficient (Wildman–Crippen LogP) is 4.03. The van der Waals surface area contributed by atoms with E-state index in [0.29, 0.717) is 18.9 Å². The molecule has 1 amide bonds. The molecule has 10 heteroatoms. The summed E-state index contributed by atoms with van der Waals surface area (Å²) in [6.45, 7) is 0.699. The molecule has 0 saturated carbocycles. The Labute approximate surface area is 151 Å². The molecule has 0 atom stereocenters. The number of carbonyl (C=O) groups excluding carboxylic acids is 1. The van der Waals surface area contributed by atoms with Crippen LogP contribution >= 0.6 is 23.2 Å². The lowest BCUT2D eigenvalue weighted by molar-refractivity contribution is -0.137. The van der Waals surface area contributed by atoms with Crippen molar-refractivity contribution < 1.29 is 18.0 Å². The van der Waals surface area contributed by atoms with Gasteiger partial charge in [-0.1, -0.05) is 29.3 Å². The maximum Gasteiger partial charge on any atom is 0.416 e. The van der Waals surface area contributed by atoms with Gasteiger partial charge in [0.15, 0.2) is 5.15 Å². The highest BCUT2D eigenvalue weighted by Crippen LogP contribution is 2.29. The van der Waals surface area contributed by atoms with E-state index in [4.69, 9.17) is 23.2 Å². The summed E-state index contributed by atoms with van der Waals surface area (Å²) in [7, 11) is 0. The van der Waals surface area contributed by atoms with Crippen LogP contribution in [0, 0.1) is 0 Å². The number of hydrogen-bond acceptors (Lipinski definition) is 4. The van der Waals surface area contributed by atoms with E-state index in [9.17, 15) is 18.0 Å². The minimum absolute atomic E-state index is 0.0457. The third-order valence-electron chi connectivity index (χ3n) is 3.08. The number of amides is 1. The molecular formula is C15H13Cl2F3N4O. The van der Waals surface area contributed by atoms with Gasteiger partial charge in [0.2, 0.25) is 5.95 Å². The van der Waals surface area contributed by atoms with Crippen molar-refractivity contribution in [2.75, 3.05) is 18.4 Å². The number of anilines is 1. The molecule has 25 heavy (non-hydrogen) atoms. The van der Waals surface area contributed by atoms with Crippen LogP contribution in [0.3, 0.4) is 0 Å². The maximum absolute atomic E-state index is 12.6. The maximum atomic E-state index is 12.6. The van der Waals surface area contributed by atoms with E-state index in [-0.39, 0.29) is 22.3 Å². The fraction of sp³-hybridized carbons (Fsp3) is 0.267. The lowest BCUT2D eigenvalue weighted by Gasteiger charge is -2.09. The van der Waals surface area contributed by atoms with Crippen molar-refractivity contribution in [2.24, 2.45) is 0 Å². The normalized spacial score (nSPS) is 11.2. The molecule has 0 unspecified atom stereocenters. The van der Waals surface area contributed by atoms with Crippen LogP contribution in [-0.2, 0) is 6.18 Å². The highest BCUT2D eigenvalue weighted by molar-refractivity contribution is 6.41. The van der Waals surface area contributed by atoms with Crippen LogP contribution in [-0.4, -0.2) is 29.0 Å². The van der Waals surface area contributed by atoms with Crippen molar-refractivity contribution in [3.63, 3.8) is 0 Å². The zero-order valence-corrected chi connectivity index (χ0v) is 14.2. The molecule has 1 aromatic carbocycles. The van der Waals surface area contributed by atoms with Gasteiger partial charge in [-0.05, 0) is 24.6 Å². The Balaban J connectivity index is 1.78. The van der Waals surface area contributed by atoms with E-state index < -0.39 is 17.6 Å². The van der Waals surface area contributed by atoms with Gasteiger partial charge < -0.3 is 10.6 Å². The molecular weight excluding hydrogens is 380 g/mol. The highest BCUT2D eigenvalue weighted by Gasteiger charge is 2.30. The van der Waals surface area contributed by atoms with Gasteiger partial charge in [-0.25, -0.2) is 4.98 Å². The van der Waals surface area contributed by atoms with Gasteiger partial charge in [0, 0.05) is 18.7 Å². The third kappa shape index (κ3) is 5.75. The topological polar surface area (TPSA) is 66.9 Å². The molecule has 134 valence electrons. The summed E-state index contributed by atoms with van der Waals surface area (Å²) < 4.78 is 37.9. The Hall–Kier alpha value is -2.06. The molecule has 0 saturated heterocycles. The molecule has 1 aromatic heterocycles. The van der Waals surface area contributed by atoms with Crippen LogP contribution in [0.5, 0.6) is 0 Å². The van der Waals surface area contributed by atoms with Crippen LogP contribution < -0.4 is 10.6 Å². The minimum Gasteiger partial charge on any atom is -0.354 e. The Morgan fingerprint density at radius 3 is 2.64 bits per heavy atom. The molecule has 0 fully saturated rings. The van der Waals surface area contributed by atoms with Gasteiger partial charge >= 0.3 is 6.18 Å². The number of hydrogen-bond donors (Lipinski definition) is 2. The number of nitrogens with zero attached hydrogens (tertiary/aromatic N) is 2. The number of aromatic nitrogens is 2. The van der Waals surface area contributed by atoms with Crippen LogP contribution in [0.25, 0.3) is 0 Å². The van der Waals surface area contributed by atoms with E-state index >= 15 is 0 Å². The summed E-state index contributed by atoms with van der Waals surface area (Å²) in [4.78, 5) is 19.7. The summed E-state index contributed by atoms with van der Waals surface area (Å²) >= 11 is 11.4. The minimum atomic E-state index is -4.49.